The summed E-state index contributed by atoms with van der Waals surface area (Å²) in [5.41, 5.74) is 2.70. The van der Waals surface area contributed by atoms with Crippen molar-refractivity contribution in [3.8, 4) is 0 Å². The normalized spacial score (nSPS) is 19.9. The summed E-state index contributed by atoms with van der Waals surface area (Å²) in [5, 5.41) is 3.63. The average Bonchev–Trinajstić information content (AvgIpc) is 3.29. The Hall–Kier alpha value is -0.740. The lowest BCUT2D eigenvalue weighted by Gasteiger charge is -2.29. The van der Waals surface area contributed by atoms with Gasteiger partial charge in [-0.1, -0.05) is 20.8 Å². The molecule has 116 valence electrons. The summed E-state index contributed by atoms with van der Waals surface area (Å²) in [6.07, 6.45) is 2.68. The molecule has 0 radical (unpaired) electrons. The fourth-order valence-electron chi connectivity index (χ4n) is 2.56. The van der Waals surface area contributed by atoms with Crippen LogP contribution in [0.2, 0.25) is 0 Å². The molecule has 1 aliphatic carbocycles. The molecule has 0 aromatic carbocycles. The standard InChI is InChI=1S/C17H27N3S/c1-17(2,3)15-10-13(12-18-14-4-5-14)11-16(19-15)20-6-8-21-9-7-20/h10-11,14,18H,4-9,12H2,1-3H3. The Morgan fingerprint density at radius 2 is 1.95 bits per heavy atom. The second-order valence-corrected chi connectivity index (χ2v) is 8.45. The molecule has 1 aromatic heterocycles. The Morgan fingerprint density at radius 3 is 2.57 bits per heavy atom. The van der Waals surface area contributed by atoms with Crippen molar-refractivity contribution in [3.05, 3.63) is 23.4 Å². The van der Waals surface area contributed by atoms with Crippen molar-refractivity contribution < 1.29 is 0 Å². The van der Waals surface area contributed by atoms with E-state index in [9.17, 15) is 0 Å². The van der Waals surface area contributed by atoms with Crippen molar-refractivity contribution in [3.63, 3.8) is 0 Å². The number of hydrogen-bond acceptors (Lipinski definition) is 4. The van der Waals surface area contributed by atoms with Crippen LogP contribution in [-0.2, 0) is 12.0 Å². The van der Waals surface area contributed by atoms with Crippen molar-refractivity contribution in [1.29, 1.82) is 0 Å². The molecule has 2 fully saturated rings. The summed E-state index contributed by atoms with van der Waals surface area (Å²) >= 11 is 2.05. The number of nitrogens with zero attached hydrogens (tertiary/aromatic N) is 2. The van der Waals surface area contributed by atoms with Gasteiger partial charge in [-0.2, -0.15) is 11.8 Å². The predicted molar refractivity (Wildman–Crippen MR) is 92.3 cm³/mol. The van der Waals surface area contributed by atoms with Crippen LogP contribution in [0.3, 0.4) is 0 Å². The maximum atomic E-state index is 4.96. The van der Waals surface area contributed by atoms with Crippen molar-refractivity contribution in [2.24, 2.45) is 0 Å². The van der Waals surface area contributed by atoms with Crippen molar-refractivity contribution in [2.75, 3.05) is 29.5 Å². The van der Waals surface area contributed by atoms with Gasteiger partial charge in [0.05, 0.1) is 0 Å². The van der Waals surface area contributed by atoms with Gasteiger partial charge < -0.3 is 10.2 Å². The number of anilines is 1. The van der Waals surface area contributed by atoms with Crippen molar-refractivity contribution >= 4 is 17.6 Å². The molecule has 1 N–H and O–H groups in total. The lowest BCUT2D eigenvalue weighted by atomic mass is 9.90. The van der Waals surface area contributed by atoms with E-state index in [0.29, 0.717) is 0 Å². The van der Waals surface area contributed by atoms with Crippen LogP contribution < -0.4 is 10.2 Å². The van der Waals surface area contributed by atoms with E-state index in [0.717, 1.165) is 25.7 Å². The second-order valence-electron chi connectivity index (χ2n) is 7.22. The Kier molecular flexibility index (Phi) is 4.46. The Morgan fingerprint density at radius 1 is 1.24 bits per heavy atom. The SMILES string of the molecule is CC(C)(C)c1cc(CNC2CC2)cc(N2CCSCC2)n1. The molecule has 1 aromatic rings. The Balaban J connectivity index is 1.83. The minimum absolute atomic E-state index is 0.106. The molecular formula is C17H27N3S. The van der Waals surface area contributed by atoms with Gasteiger partial charge in [0.25, 0.3) is 0 Å². The van der Waals surface area contributed by atoms with Crippen LogP contribution in [0.4, 0.5) is 5.82 Å². The third kappa shape index (κ3) is 4.13. The van der Waals surface area contributed by atoms with Crippen LogP contribution >= 0.6 is 11.8 Å². The number of hydrogen-bond donors (Lipinski definition) is 1. The topological polar surface area (TPSA) is 28.2 Å². The quantitative estimate of drug-likeness (QED) is 0.925. The Labute approximate surface area is 132 Å². The highest BCUT2D eigenvalue weighted by molar-refractivity contribution is 7.99. The van der Waals surface area contributed by atoms with Crippen molar-refractivity contribution in [2.45, 2.75) is 51.6 Å². The molecule has 1 aliphatic heterocycles. The molecule has 3 rings (SSSR count). The van der Waals surface area contributed by atoms with Crippen molar-refractivity contribution in [1.82, 2.24) is 10.3 Å². The molecule has 0 bridgehead atoms. The third-order valence-corrected chi connectivity index (χ3v) is 5.09. The van der Waals surface area contributed by atoms with Crippen LogP contribution in [0.1, 0.15) is 44.9 Å². The summed E-state index contributed by atoms with van der Waals surface area (Å²) in [6.45, 7) is 9.99. The molecule has 0 atom stereocenters. The van der Waals surface area contributed by atoms with E-state index in [2.05, 4.69) is 43.1 Å². The van der Waals surface area contributed by atoms with Crippen LogP contribution in [0.5, 0.6) is 0 Å². The fourth-order valence-corrected chi connectivity index (χ4v) is 3.46. The summed E-state index contributed by atoms with van der Waals surface area (Å²) in [7, 11) is 0. The van der Waals surface area contributed by atoms with E-state index in [1.54, 1.807) is 0 Å². The molecule has 0 amide bonds. The van der Waals surface area contributed by atoms with E-state index in [1.807, 2.05) is 11.8 Å². The van der Waals surface area contributed by atoms with E-state index in [-0.39, 0.29) is 5.41 Å². The fraction of sp³-hybridized carbons (Fsp3) is 0.706. The first kappa shape index (κ1) is 15.2. The molecular weight excluding hydrogens is 278 g/mol. The number of aromatic nitrogens is 1. The summed E-state index contributed by atoms with van der Waals surface area (Å²) in [4.78, 5) is 7.41. The molecule has 1 saturated carbocycles. The van der Waals surface area contributed by atoms with Crippen LogP contribution in [-0.4, -0.2) is 35.6 Å². The first-order valence-corrected chi connectivity index (χ1v) is 9.25. The van der Waals surface area contributed by atoms with E-state index in [1.165, 1.54) is 41.4 Å². The van der Waals surface area contributed by atoms with Gasteiger partial charge >= 0.3 is 0 Å². The molecule has 4 heteroatoms. The maximum absolute atomic E-state index is 4.96. The molecule has 1 saturated heterocycles. The predicted octanol–water partition coefficient (Wildman–Crippen LogP) is 3.18. The molecule has 2 heterocycles. The molecule has 3 nitrogen and oxygen atoms in total. The van der Waals surface area contributed by atoms with Gasteiger partial charge in [-0.15, -0.1) is 0 Å². The van der Waals surface area contributed by atoms with Gasteiger partial charge in [0, 0.05) is 48.3 Å². The maximum Gasteiger partial charge on any atom is 0.129 e. The van der Waals surface area contributed by atoms with Crippen LogP contribution in [0.15, 0.2) is 12.1 Å². The second kappa shape index (κ2) is 6.17. The number of pyridine rings is 1. The van der Waals surface area contributed by atoms with E-state index in [4.69, 9.17) is 4.98 Å². The van der Waals surface area contributed by atoms with Gasteiger partial charge in [0.15, 0.2) is 0 Å². The monoisotopic (exact) mass is 305 g/mol. The molecule has 0 spiro atoms. The van der Waals surface area contributed by atoms with E-state index < -0.39 is 0 Å². The summed E-state index contributed by atoms with van der Waals surface area (Å²) in [6, 6.07) is 5.34. The zero-order valence-corrected chi connectivity index (χ0v) is 14.3. The first-order chi connectivity index (χ1) is 10.0. The zero-order chi connectivity index (χ0) is 14.9. The molecule has 2 aliphatic rings. The largest absolute Gasteiger partial charge is 0.355 e. The summed E-state index contributed by atoms with van der Waals surface area (Å²) in [5.74, 6) is 3.61. The minimum Gasteiger partial charge on any atom is -0.355 e. The Bertz CT molecular complexity index is 485. The minimum atomic E-state index is 0.106. The van der Waals surface area contributed by atoms with Crippen LogP contribution in [0, 0.1) is 0 Å². The third-order valence-electron chi connectivity index (χ3n) is 4.15. The van der Waals surface area contributed by atoms with Gasteiger partial charge in [0.1, 0.15) is 5.82 Å². The number of thioether (sulfide) groups is 1. The molecule has 0 unspecified atom stereocenters. The number of rotatable bonds is 4. The smallest absolute Gasteiger partial charge is 0.129 e. The highest BCUT2D eigenvalue weighted by Gasteiger charge is 2.22. The average molecular weight is 305 g/mol. The summed E-state index contributed by atoms with van der Waals surface area (Å²) < 4.78 is 0. The lowest BCUT2D eigenvalue weighted by molar-refractivity contribution is 0.565. The molecule has 21 heavy (non-hydrogen) atoms. The van der Waals surface area contributed by atoms with Gasteiger partial charge in [-0.3, -0.25) is 0 Å². The number of nitrogens with one attached hydrogen (secondary N) is 1. The van der Waals surface area contributed by atoms with Crippen LogP contribution in [0.25, 0.3) is 0 Å². The zero-order valence-electron chi connectivity index (χ0n) is 13.5. The van der Waals surface area contributed by atoms with Gasteiger partial charge in [0.2, 0.25) is 0 Å². The van der Waals surface area contributed by atoms with Gasteiger partial charge in [-0.05, 0) is 30.5 Å². The first-order valence-electron chi connectivity index (χ1n) is 8.10. The van der Waals surface area contributed by atoms with E-state index >= 15 is 0 Å². The highest BCUT2D eigenvalue weighted by Crippen LogP contribution is 2.27. The van der Waals surface area contributed by atoms with Gasteiger partial charge in [-0.25, -0.2) is 4.98 Å². The highest BCUT2D eigenvalue weighted by atomic mass is 32.2. The lowest BCUT2D eigenvalue weighted by Crippen LogP contribution is -2.34.